The zero-order chi connectivity index (χ0) is 11.2. The second-order valence-electron chi connectivity index (χ2n) is 3.34. The van der Waals surface area contributed by atoms with E-state index in [0.29, 0.717) is 10.9 Å². The second-order valence-corrected chi connectivity index (χ2v) is 3.34. The first-order chi connectivity index (χ1) is 7.02. The average molecular weight is 208 g/mol. The van der Waals surface area contributed by atoms with E-state index in [1.54, 1.807) is 18.8 Å². The fourth-order valence-electron chi connectivity index (χ4n) is 1.71. The highest BCUT2D eigenvalue weighted by Crippen LogP contribution is 2.17. The molecular formula is C10H9FN2O2. The number of carboxylic acids is 1. The molecule has 0 aliphatic heterocycles. The molecule has 1 heterocycles. The van der Waals surface area contributed by atoms with Crippen molar-refractivity contribution in [1.29, 1.82) is 0 Å². The lowest BCUT2D eigenvalue weighted by atomic mass is 10.2. The Morgan fingerprint density at radius 2 is 2.20 bits per heavy atom. The quantitative estimate of drug-likeness (QED) is 0.593. The van der Waals surface area contributed by atoms with Crippen LogP contribution in [0.4, 0.5) is 4.39 Å². The minimum absolute atomic E-state index is 0.0213. The number of carbonyl (C=O) groups excluding carboxylic acids is 1. The molecule has 78 valence electrons. The predicted molar refractivity (Wildman–Crippen MR) is 48.4 cm³/mol. The molecule has 2 aromatic rings. The molecule has 1 aromatic heterocycles. The molecule has 0 bridgehead atoms. The summed E-state index contributed by atoms with van der Waals surface area (Å²) in [6.07, 6.45) is 0. The fourth-order valence-corrected chi connectivity index (χ4v) is 1.71. The van der Waals surface area contributed by atoms with Crippen LogP contribution < -0.4 is 9.79 Å². The van der Waals surface area contributed by atoms with E-state index in [1.807, 2.05) is 0 Å². The maximum absolute atomic E-state index is 13.0. The van der Waals surface area contributed by atoms with Gasteiger partial charge in [-0.3, -0.25) is 0 Å². The third kappa shape index (κ3) is 1.27. The number of hydrogen-bond acceptors (Lipinski definition) is 2. The van der Waals surface area contributed by atoms with Gasteiger partial charge in [-0.15, -0.1) is 4.68 Å². The summed E-state index contributed by atoms with van der Waals surface area (Å²) in [4.78, 5) is 10.9. The van der Waals surface area contributed by atoms with Crippen LogP contribution in [0.1, 0.15) is 10.5 Å². The Kier molecular flexibility index (Phi) is 1.96. The molecule has 0 aliphatic carbocycles. The van der Waals surface area contributed by atoms with Crippen LogP contribution in [-0.4, -0.2) is 10.7 Å². The summed E-state index contributed by atoms with van der Waals surface area (Å²) in [5.41, 5.74) is 0.630. The molecule has 1 aromatic carbocycles. The van der Waals surface area contributed by atoms with Gasteiger partial charge in [0.1, 0.15) is 17.3 Å². The summed E-state index contributed by atoms with van der Waals surface area (Å²) in [6, 6.07) is 4.03. The monoisotopic (exact) mass is 208 g/mol. The summed E-state index contributed by atoms with van der Waals surface area (Å²) < 4.78 is 16.0. The van der Waals surface area contributed by atoms with Crippen molar-refractivity contribution >= 4 is 16.9 Å². The maximum atomic E-state index is 13.0. The Labute approximate surface area is 85.1 Å². The van der Waals surface area contributed by atoms with Crippen molar-refractivity contribution in [3.8, 4) is 0 Å². The number of hydrogen-bond donors (Lipinski definition) is 0. The van der Waals surface area contributed by atoms with Gasteiger partial charge in [0.15, 0.2) is 7.05 Å². The minimum atomic E-state index is -1.31. The molecule has 4 nitrogen and oxygen atoms in total. The van der Waals surface area contributed by atoms with Crippen molar-refractivity contribution in [3.63, 3.8) is 0 Å². The first kappa shape index (κ1) is 9.64. The van der Waals surface area contributed by atoms with Gasteiger partial charge in [-0.2, -0.15) is 4.68 Å². The molecule has 0 unspecified atom stereocenters. The predicted octanol–water partition coefficient (Wildman–Crippen LogP) is -0.495. The average Bonchev–Trinajstić information content (AvgIpc) is 2.39. The lowest BCUT2D eigenvalue weighted by Crippen LogP contribution is -2.45. The molecule has 0 radical (unpaired) electrons. The van der Waals surface area contributed by atoms with Crippen molar-refractivity contribution < 1.29 is 19.0 Å². The standard InChI is InChI=1S/C10H9FN2O2/c1-12-8-4-3-6(11)5-7(8)9(10(14)15)13(12)2/h3-5H,1-2H3. The van der Waals surface area contributed by atoms with Gasteiger partial charge in [0, 0.05) is 0 Å². The number of halogens is 1. The number of carboxylic acid groups (broad SMARTS) is 1. The van der Waals surface area contributed by atoms with E-state index in [-0.39, 0.29) is 5.69 Å². The molecule has 0 saturated carbocycles. The third-order valence-corrected chi connectivity index (χ3v) is 2.53. The molecule has 0 atom stereocenters. The number of benzene rings is 1. The largest absolute Gasteiger partial charge is 0.539 e. The Bertz CT molecular complexity index is 560. The Hall–Kier alpha value is -1.91. The lowest BCUT2D eigenvalue weighted by Gasteiger charge is -1.94. The molecule has 0 amide bonds. The molecule has 15 heavy (non-hydrogen) atoms. The van der Waals surface area contributed by atoms with E-state index in [0.717, 1.165) is 0 Å². The first-order valence-electron chi connectivity index (χ1n) is 4.38. The Morgan fingerprint density at radius 1 is 1.53 bits per heavy atom. The fraction of sp³-hybridized carbons (Fsp3) is 0.200. The van der Waals surface area contributed by atoms with Gasteiger partial charge in [0.25, 0.3) is 5.69 Å². The van der Waals surface area contributed by atoms with Gasteiger partial charge >= 0.3 is 0 Å². The van der Waals surface area contributed by atoms with Crippen LogP contribution >= 0.6 is 0 Å². The molecule has 0 aliphatic rings. The van der Waals surface area contributed by atoms with E-state index in [9.17, 15) is 14.3 Å². The highest BCUT2D eigenvalue weighted by molar-refractivity contribution is 5.98. The van der Waals surface area contributed by atoms with Crippen molar-refractivity contribution in [3.05, 3.63) is 29.7 Å². The highest BCUT2D eigenvalue weighted by Gasteiger charge is 2.20. The number of aryl methyl sites for hydroxylation is 1. The zero-order valence-corrected chi connectivity index (χ0v) is 8.32. The van der Waals surface area contributed by atoms with Gasteiger partial charge in [-0.05, 0) is 18.2 Å². The van der Waals surface area contributed by atoms with E-state index < -0.39 is 11.8 Å². The van der Waals surface area contributed by atoms with E-state index >= 15 is 0 Å². The number of rotatable bonds is 1. The Morgan fingerprint density at radius 3 is 2.80 bits per heavy atom. The molecule has 5 heteroatoms. The van der Waals surface area contributed by atoms with Gasteiger partial charge in [-0.1, -0.05) is 0 Å². The van der Waals surface area contributed by atoms with Crippen LogP contribution in [0.25, 0.3) is 10.9 Å². The van der Waals surface area contributed by atoms with Crippen LogP contribution in [0.2, 0.25) is 0 Å². The molecule has 0 saturated heterocycles. The second kappa shape index (κ2) is 3.05. The van der Waals surface area contributed by atoms with Crippen LogP contribution in [0.3, 0.4) is 0 Å². The van der Waals surface area contributed by atoms with Crippen molar-refractivity contribution in [2.45, 2.75) is 0 Å². The maximum Gasteiger partial charge on any atom is 0.261 e. The van der Waals surface area contributed by atoms with Crippen molar-refractivity contribution in [1.82, 2.24) is 4.68 Å². The van der Waals surface area contributed by atoms with Crippen LogP contribution in [-0.2, 0) is 14.1 Å². The number of carbonyl (C=O) groups is 1. The Balaban J connectivity index is 2.95. The molecule has 0 fully saturated rings. The summed E-state index contributed by atoms with van der Waals surface area (Å²) in [5, 5.41) is 11.2. The summed E-state index contributed by atoms with van der Waals surface area (Å²) in [7, 11) is 3.29. The zero-order valence-electron chi connectivity index (χ0n) is 8.32. The summed E-state index contributed by atoms with van der Waals surface area (Å²) in [5.74, 6) is -1.77. The number of fused-ring (bicyclic) bond motifs is 1. The van der Waals surface area contributed by atoms with Gasteiger partial charge in [0.2, 0.25) is 0 Å². The number of nitrogens with zero attached hydrogens (tertiary/aromatic N) is 2. The van der Waals surface area contributed by atoms with E-state index in [4.69, 9.17) is 0 Å². The molecule has 0 spiro atoms. The van der Waals surface area contributed by atoms with Crippen molar-refractivity contribution in [2.75, 3.05) is 0 Å². The highest BCUT2D eigenvalue weighted by atomic mass is 19.1. The van der Waals surface area contributed by atoms with Gasteiger partial charge < -0.3 is 9.90 Å². The minimum Gasteiger partial charge on any atom is -0.539 e. The van der Waals surface area contributed by atoms with Crippen molar-refractivity contribution in [2.24, 2.45) is 14.1 Å². The van der Waals surface area contributed by atoms with Crippen LogP contribution in [0.15, 0.2) is 18.2 Å². The van der Waals surface area contributed by atoms with E-state index in [1.165, 1.54) is 22.9 Å². The lowest BCUT2D eigenvalue weighted by molar-refractivity contribution is -0.752. The van der Waals surface area contributed by atoms with Gasteiger partial charge in [-0.25, -0.2) is 4.39 Å². The summed E-state index contributed by atoms with van der Waals surface area (Å²) in [6.45, 7) is 0. The number of aromatic nitrogens is 2. The third-order valence-electron chi connectivity index (χ3n) is 2.53. The SMILES string of the molecule is Cn1c2ccc(F)cc2c(C(=O)[O-])[n+]1C. The first-order valence-corrected chi connectivity index (χ1v) is 4.38. The molecule has 2 rings (SSSR count). The molecule has 0 N–H and O–H groups in total. The van der Waals surface area contributed by atoms with E-state index in [2.05, 4.69) is 0 Å². The molecular weight excluding hydrogens is 199 g/mol. The van der Waals surface area contributed by atoms with Gasteiger partial charge in [0.05, 0.1) is 12.4 Å². The van der Waals surface area contributed by atoms with Crippen LogP contribution in [0, 0.1) is 5.82 Å². The topological polar surface area (TPSA) is 48.9 Å². The number of aromatic carboxylic acids is 1. The van der Waals surface area contributed by atoms with Crippen LogP contribution in [0.5, 0.6) is 0 Å². The normalized spacial score (nSPS) is 10.9. The smallest absolute Gasteiger partial charge is 0.261 e. The summed E-state index contributed by atoms with van der Waals surface area (Å²) >= 11 is 0.